The van der Waals surface area contributed by atoms with E-state index in [4.69, 9.17) is 10.5 Å². The number of rotatable bonds is 4. The molecule has 0 spiro atoms. The molecule has 4 heteroatoms. The molecule has 1 atom stereocenters. The lowest BCUT2D eigenvalue weighted by Crippen LogP contribution is -2.17. The Bertz CT molecular complexity index is 480. The van der Waals surface area contributed by atoms with Crippen LogP contribution in [0.25, 0.3) is 0 Å². The summed E-state index contributed by atoms with van der Waals surface area (Å²) in [7, 11) is 0. The maximum Gasteiger partial charge on any atom is 0.145 e. The summed E-state index contributed by atoms with van der Waals surface area (Å²) in [4.78, 5) is 1.14. The Morgan fingerprint density at radius 3 is 2.47 bits per heavy atom. The molecule has 0 saturated heterocycles. The molecule has 0 aliphatic carbocycles. The molecule has 0 aliphatic heterocycles. The third-order valence-electron chi connectivity index (χ3n) is 2.42. The molecule has 0 saturated carbocycles. The number of aryl methyl sites for hydroxylation is 1. The second-order valence-corrected chi connectivity index (χ2v) is 6.29. The number of hydrogen-bond donors (Lipinski definition) is 1. The zero-order valence-electron chi connectivity index (χ0n) is 9.52. The summed E-state index contributed by atoms with van der Waals surface area (Å²) in [6.07, 6.45) is -0.0750. The zero-order chi connectivity index (χ0) is 12.3. The molecular formula is C13H14BrNOS. The number of thiophene rings is 1. The summed E-state index contributed by atoms with van der Waals surface area (Å²) < 4.78 is 6.98. The van der Waals surface area contributed by atoms with Crippen molar-refractivity contribution in [2.24, 2.45) is 5.73 Å². The van der Waals surface area contributed by atoms with E-state index in [-0.39, 0.29) is 6.10 Å². The van der Waals surface area contributed by atoms with Gasteiger partial charge in [0.15, 0.2) is 0 Å². The van der Waals surface area contributed by atoms with Crippen LogP contribution in [0.2, 0.25) is 0 Å². The molecule has 2 rings (SSSR count). The van der Waals surface area contributed by atoms with Crippen LogP contribution in [-0.4, -0.2) is 6.54 Å². The Morgan fingerprint density at radius 2 is 1.94 bits per heavy atom. The van der Waals surface area contributed by atoms with E-state index in [1.54, 1.807) is 11.3 Å². The van der Waals surface area contributed by atoms with Crippen LogP contribution in [0.5, 0.6) is 5.75 Å². The summed E-state index contributed by atoms with van der Waals surface area (Å²) in [6, 6.07) is 12.1. The number of ether oxygens (including phenoxy) is 1. The van der Waals surface area contributed by atoms with Crippen molar-refractivity contribution in [3.63, 3.8) is 0 Å². The second kappa shape index (κ2) is 5.67. The van der Waals surface area contributed by atoms with Gasteiger partial charge in [-0.3, -0.25) is 0 Å². The van der Waals surface area contributed by atoms with Gasteiger partial charge in [-0.05, 0) is 47.1 Å². The molecule has 0 fully saturated rings. The van der Waals surface area contributed by atoms with E-state index in [0.29, 0.717) is 6.54 Å². The molecule has 0 radical (unpaired) electrons. The summed E-state index contributed by atoms with van der Waals surface area (Å²) in [5.74, 6) is 0.857. The number of benzene rings is 1. The summed E-state index contributed by atoms with van der Waals surface area (Å²) >= 11 is 5.10. The molecule has 90 valence electrons. The molecule has 0 bridgehead atoms. The van der Waals surface area contributed by atoms with Crippen LogP contribution in [0.15, 0.2) is 40.2 Å². The largest absolute Gasteiger partial charge is 0.484 e. The van der Waals surface area contributed by atoms with Crippen LogP contribution in [0, 0.1) is 6.92 Å². The van der Waals surface area contributed by atoms with Gasteiger partial charge in [0.25, 0.3) is 0 Å². The Balaban J connectivity index is 2.12. The van der Waals surface area contributed by atoms with Crippen molar-refractivity contribution in [2.45, 2.75) is 13.0 Å². The Hall–Kier alpha value is -0.840. The first-order valence-corrected chi connectivity index (χ1v) is 6.98. The lowest BCUT2D eigenvalue weighted by atomic mass is 10.2. The fraction of sp³-hybridized carbons (Fsp3) is 0.231. The second-order valence-electron chi connectivity index (χ2n) is 3.80. The lowest BCUT2D eigenvalue weighted by molar-refractivity contribution is 0.218. The number of hydrogen-bond acceptors (Lipinski definition) is 3. The predicted molar refractivity (Wildman–Crippen MR) is 75.6 cm³/mol. The van der Waals surface area contributed by atoms with Gasteiger partial charge in [-0.2, -0.15) is 0 Å². The topological polar surface area (TPSA) is 35.2 Å². The van der Waals surface area contributed by atoms with E-state index in [1.807, 2.05) is 36.4 Å². The Labute approximate surface area is 114 Å². The van der Waals surface area contributed by atoms with Gasteiger partial charge < -0.3 is 10.5 Å². The van der Waals surface area contributed by atoms with Gasteiger partial charge in [-0.1, -0.05) is 17.7 Å². The van der Waals surface area contributed by atoms with E-state index in [2.05, 4.69) is 22.9 Å². The molecule has 0 aliphatic rings. The Kier molecular flexibility index (Phi) is 4.20. The van der Waals surface area contributed by atoms with Crippen LogP contribution < -0.4 is 10.5 Å². The van der Waals surface area contributed by atoms with Crippen LogP contribution >= 0.6 is 27.3 Å². The highest BCUT2D eigenvalue weighted by atomic mass is 79.9. The minimum Gasteiger partial charge on any atom is -0.484 e. The highest BCUT2D eigenvalue weighted by Gasteiger charge is 2.13. The average Bonchev–Trinajstić information content (AvgIpc) is 2.75. The minimum absolute atomic E-state index is 0.0750. The first-order chi connectivity index (χ1) is 8.19. The van der Waals surface area contributed by atoms with Gasteiger partial charge in [0, 0.05) is 11.4 Å². The van der Waals surface area contributed by atoms with E-state index in [9.17, 15) is 0 Å². The van der Waals surface area contributed by atoms with Crippen LogP contribution in [0.1, 0.15) is 16.5 Å². The molecule has 1 aromatic carbocycles. The van der Waals surface area contributed by atoms with Crippen molar-refractivity contribution < 1.29 is 4.74 Å². The monoisotopic (exact) mass is 311 g/mol. The molecule has 1 unspecified atom stereocenters. The zero-order valence-corrected chi connectivity index (χ0v) is 11.9. The van der Waals surface area contributed by atoms with Crippen molar-refractivity contribution in [2.75, 3.05) is 6.54 Å². The Morgan fingerprint density at radius 1 is 1.24 bits per heavy atom. The summed E-state index contributed by atoms with van der Waals surface area (Å²) in [5.41, 5.74) is 6.98. The van der Waals surface area contributed by atoms with Gasteiger partial charge in [0.2, 0.25) is 0 Å². The van der Waals surface area contributed by atoms with Gasteiger partial charge in [-0.15, -0.1) is 11.3 Å². The van der Waals surface area contributed by atoms with Crippen molar-refractivity contribution in [1.29, 1.82) is 0 Å². The number of halogens is 1. The van der Waals surface area contributed by atoms with Crippen LogP contribution in [-0.2, 0) is 0 Å². The van der Waals surface area contributed by atoms with Crippen molar-refractivity contribution >= 4 is 27.3 Å². The fourth-order valence-corrected chi connectivity index (χ4v) is 2.97. The third-order valence-corrected chi connectivity index (χ3v) is 4.14. The summed E-state index contributed by atoms with van der Waals surface area (Å²) in [6.45, 7) is 2.53. The van der Waals surface area contributed by atoms with Crippen molar-refractivity contribution in [3.05, 3.63) is 50.6 Å². The smallest absolute Gasteiger partial charge is 0.145 e. The SMILES string of the molecule is Cc1ccc(OC(CN)c2ccc(Br)s2)cc1. The molecule has 2 nitrogen and oxygen atoms in total. The van der Waals surface area contributed by atoms with Crippen LogP contribution in [0.4, 0.5) is 0 Å². The molecular weight excluding hydrogens is 298 g/mol. The first kappa shape index (κ1) is 12.6. The van der Waals surface area contributed by atoms with Crippen LogP contribution in [0.3, 0.4) is 0 Å². The molecule has 0 amide bonds. The predicted octanol–water partition coefficient (Wildman–Crippen LogP) is 3.90. The standard InChI is InChI=1S/C13H14BrNOS/c1-9-2-4-10(5-3-9)16-11(8-15)12-6-7-13(14)17-12/h2-7,11H,8,15H2,1H3. The molecule has 1 aromatic heterocycles. The average molecular weight is 312 g/mol. The van der Waals surface area contributed by atoms with Gasteiger partial charge in [0.1, 0.15) is 11.9 Å². The maximum atomic E-state index is 5.88. The quantitative estimate of drug-likeness (QED) is 0.929. The molecule has 17 heavy (non-hydrogen) atoms. The third kappa shape index (κ3) is 3.31. The first-order valence-electron chi connectivity index (χ1n) is 5.37. The lowest BCUT2D eigenvalue weighted by Gasteiger charge is -2.16. The fourth-order valence-electron chi connectivity index (χ4n) is 1.50. The van der Waals surface area contributed by atoms with Gasteiger partial charge in [-0.25, -0.2) is 0 Å². The summed E-state index contributed by atoms with van der Waals surface area (Å²) in [5, 5.41) is 0. The number of nitrogens with two attached hydrogens (primary N) is 1. The molecule has 2 aromatic rings. The maximum absolute atomic E-state index is 5.88. The molecule has 1 heterocycles. The van der Waals surface area contributed by atoms with E-state index in [1.165, 1.54) is 5.56 Å². The normalized spacial score (nSPS) is 12.4. The van der Waals surface area contributed by atoms with E-state index >= 15 is 0 Å². The minimum atomic E-state index is -0.0750. The molecule has 2 N–H and O–H groups in total. The van der Waals surface area contributed by atoms with Gasteiger partial charge >= 0.3 is 0 Å². The highest BCUT2D eigenvalue weighted by Crippen LogP contribution is 2.30. The van der Waals surface area contributed by atoms with Crippen molar-refractivity contribution in [1.82, 2.24) is 0 Å². The van der Waals surface area contributed by atoms with Crippen molar-refractivity contribution in [3.8, 4) is 5.75 Å². The van der Waals surface area contributed by atoms with E-state index in [0.717, 1.165) is 14.4 Å². The van der Waals surface area contributed by atoms with Gasteiger partial charge in [0.05, 0.1) is 3.79 Å². The van der Waals surface area contributed by atoms with E-state index < -0.39 is 0 Å². The highest BCUT2D eigenvalue weighted by molar-refractivity contribution is 9.11.